The highest BCUT2D eigenvalue weighted by Gasteiger charge is 2.43. The summed E-state index contributed by atoms with van der Waals surface area (Å²) in [7, 11) is -2.90. The molecule has 94 valence electrons. The van der Waals surface area contributed by atoms with Gasteiger partial charge in [0.1, 0.15) is 0 Å². The summed E-state index contributed by atoms with van der Waals surface area (Å²) in [6.07, 6.45) is 2.41. The van der Waals surface area contributed by atoms with E-state index in [2.05, 4.69) is 18.7 Å². The molecule has 5 heteroatoms. The summed E-state index contributed by atoms with van der Waals surface area (Å²) < 4.78 is 23.2. The molecule has 0 aromatic rings. The summed E-state index contributed by atoms with van der Waals surface area (Å²) in [5, 5.41) is 0. The molecule has 1 aliphatic carbocycles. The van der Waals surface area contributed by atoms with Crippen molar-refractivity contribution in [3.05, 3.63) is 0 Å². The predicted molar refractivity (Wildman–Crippen MR) is 65.0 cm³/mol. The first kappa shape index (κ1) is 12.3. The summed E-state index contributed by atoms with van der Waals surface area (Å²) >= 11 is 0. The average molecular weight is 246 g/mol. The Kier molecular flexibility index (Phi) is 3.29. The molecule has 1 aliphatic heterocycles. The zero-order valence-corrected chi connectivity index (χ0v) is 10.9. The van der Waals surface area contributed by atoms with Crippen LogP contribution in [0, 0.1) is 5.92 Å². The van der Waals surface area contributed by atoms with Crippen LogP contribution in [0.2, 0.25) is 0 Å². The summed E-state index contributed by atoms with van der Waals surface area (Å²) in [5.74, 6) is 0.993. The molecule has 1 heterocycles. The summed E-state index contributed by atoms with van der Waals surface area (Å²) in [5.41, 5.74) is 5.98. The molecule has 2 aliphatic rings. The zero-order valence-electron chi connectivity index (χ0n) is 10.1. The Balaban J connectivity index is 2.08. The van der Waals surface area contributed by atoms with Crippen molar-refractivity contribution in [3.63, 3.8) is 0 Å². The Labute approximate surface area is 98.1 Å². The monoisotopic (exact) mass is 246 g/mol. The maximum absolute atomic E-state index is 11.6. The molecule has 0 amide bonds. The molecular formula is C11H22N2O2S. The highest BCUT2D eigenvalue weighted by Crippen LogP contribution is 2.32. The Morgan fingerprint density at radius 3 is 2.31 bits per heavy atom. The number of rotatable bonds is 4. The molecule has 0 aromatic carbocycles. The second-order valence-electron chi connectivity index (χ2n) is 5.63. The van der Waals surface area contributed by atoms with Crippen LogP contribution in [-0.4, -0.2) is 49.5 Å². The summed E-state index contributed by atoms with van der Waals surface area (Å²) in [6.45, 7) is 5.31. The van der Waals surface area contributed by atoms with Crippen LogP contribution < -0.4 is 5.73 Å². The first-order chi connectivity index (χ1) is 7.39. The summed E-state index contributed by atoms with van der Waals surface area (Å²) in [4.78, 5) is 2.35. The van der Waals surface area contributed by atoms with Gasteiger partial charge in [-0.25, -0.2) is 8.42 Å². The minimum atomic E-state index is -2.90. The molecular weight excluding hydrogens is 224 g/mol. The molecule has 0 spiro atoms. The van der Waals surface area contributed by atoms with Crippen molar-refractivity contribution in [2.24, 2.45) is 11.7 Å². The molecule has 0 aromatic heterocycles. The quantitative estimate of drug-likeness (QED) is 0.771. The van der Waals surface area contributed by atoms with Gasteiger partial charge in [-0.1, -0.05) is 13.8 Å². The van der Waals surface area contributed by atoms with E-state index in [1.807, 2.05) is 0 Å². The number of sulfone groups is 1. The fourth-order valence-electron chi connectivity index (χ4n) is 2.58. The molecule has 0 bridgehead atoms. The lowest BCUT2D eigenvalue weighted by molar-refractivity contribution is 0.168. The Morgan fingerprint density at radius 2 is 1.94 bits per heavy atom. The molecule has 1 saturated carbocycles. The fraction of sp³-hybridized carbons (Fsp3) is 1.00. The van der Waals surface area contributed by atoms with E-state index in [1.54, 1.807) is 0 Å². The van der Waals surface area contributed by atoms with Gasteiger partial charge in [0.2, 0.25) is 0 Å². The van der Waals surface area contributed by atoms with Crippen molar-refractivity contribution in [2.45, 2.75) is 44.8 Å². The molecule has 2 N–H and O–H groups in total. The Bertz CT molecular complexity index is 349. The third-order valence-electron chi connectivity index (χ3n) is 3.38. The molecule has 4 nitrogen and oxygen atoms in total. The van der Waals surface area contributed by atoms with Gasteiger partial charge >= 0.3 is 0 Å². The van der Waals surface area contributed by atoms with Crippen LogP contribution >= 0.6 is 0 Å². The zero-order chi connectivity index (χ0) is 11.9. The number of hydrogen-bond acceptors (Lipinski definition) is 4. The van der Waals surface area contributed by atoms with Crippen LogP contribution in [0.1, 0.15) is 26.7 Å². The highest BCUT2D eigenvalue weighted by atomic mass is 32.2. The van der Waals surface area contributed by atoms with Gasteiger partial charge in [-0.15, -0.1) is 0 Å². The molecule has 1 saturated heterocycles. The molecule has 2 rings (SSSR count). The van der Waals surface area contributed by atoms with E-state index < -0.39 is 9.84 Å². The first-order valence-electron chi connectivity index (χ1n) is 6.11. The SMILES string of the molecule is CC(C)CN(C1CC1)C1CS(=O)(=O)CC1N. The molecule has 0 radical (unpaired) electrons. The van der Waals surface area contributed by atoms with Crippen molar-refractivity contribution < 1.29 is 8.42 Å². The van der Waals surface area contributed by atoms with Gasteiger partial charge in [0, 0.05) is 24.7 Å². The number of hydrogen-bond donors (Lipinski definition) is 1. The van der Waals surface area contributed by atoms with Crippen LogP contribution in [0.15, 0.2) is 0 Å². The van der Waals surface area contributed by atoms with E-state index in [0.29, 0.717) is 12.0 Å². The molecule has 2 atom stereocenters. The van der Waals surface area contributed by atoms with Crippen LogP contribution in [0.3, 0.4) is 0 Å². The lowest BCUT2D eigenvalue weighted by Crippen LogP contribution is -2.49. The van der Waals surface area contributed by atoms with Crippen LogP contribution in [0.4, 0.5) is 0 Å². The van der Waals surface area contributed by atoms with Crippen molar-refractivity contribution >= 4 is 9.84 Å². The van der Waals surface area contributed by atoms with Gasteiger partial charge in [0.15, 0.2) is 9.84 Å². The normalized spacial score (nSPS) is 33.8. The van der Waals surface area contributed by atoms with Crippen molar-refractivity contribution in [1.82, 2.24) is 4.90 Å². The topological polar surface area (TPSA) is 63.4 Å². The first-order valence-corrected chi connectivity index (χ1v) is 7.93. The van der Waals surface area contributed by atoms with Gasteiger partial charge in [-0.3, -0.25) is 4.90 Å². The van der Waals surface area contributed by atoms with Crippen molar-refractivity contribution in [2.75, 3.05) is 18.1 Å². The van der Waals surface area contributed by atoms with Crippen LogP contribution in [0.25, 0.3) is 0 Å². The van der Waals surface area contributed by atoms with E-state index in [0.717, 1.165) is 6.54 Å². The molecule has 2 unspecified atom stereocenters. The average Bonchev–Trinajstić information content (AvgIpc) is 2.89. The van der Waals surface area contributed by atoms with Gasteiger partial charge < -0.3 is 5.73 Å². The van der Waals surface area contributed by atoms with Crippen LogP contribution in [0.5, 0.6) is 0 Å². The molecule has 16 heavy (non-hydrogen) atoms. The second kappa shape index (κ2) is 4.27. The maximum atomic E-state index is 11.6. The van der Waals surface area contributed by atoms with Gasteiger partial charge in [0.05, 0.1) is 11.5 Å². The summed E-state index contributed by atoms with van der Waals surface area (Å²) in [6, 6.07) is 0.455. The predicted octanol–water partition coefficient (Wildman–Crippen LogP) is 0.231. The lowest BCUT2D eigenvalue weighted by Gasteiger charge is -2.32. The van der Waals surface area contributed by atoms with Gasteiger partial charge in [-0.2, -0.15) is 0 Å². The standard InChI is InChI=1S/C11H22N2O2S/c1-8(2)5-13(9-3-4-9)11-7-16(14,15)6-10(11)12/h8-11H,3-7,12H2,1-2H3. The number of nitrogens with zero attached hydrogens (tertiary/aromatic N) is 1. The lowest BCUT2D eigenvalue weighted by atomic mass is 10.1. The van der Waals surface area contributed by atoms with E-state index in [1.165, 1.54) is 12.8 Å². The smallest absolute Gasteiger partial charge is 0.153 e. The van der Waals surface area contributed by atoms with Crippen molar-refractivity contribution in [3.8, 4) is 0 Å². The van der Waals surface area contributed by atoms with E-state index in [9.17, 15) is 8.42 Å². The largest absolute Gasteiger partial charge is 0.325 e. The van der Waals surface area contributed by atoms with Crippen LogP contribution in [-0.2, 0) is 9.84 Å². The molecule has 2 fully saturated rings. The Morgan fingerprint density at radius 1 is 1.31 bits per heavy atom. The van der Waals surface area contributed by atoms with E-state index in [4.69, 9.17) is 5.73 Å². The van der Waals surface area contributed by atoms with Gasteiger partial charge in [-0.05, 0) is 18.8 Å². The van der Waals surface area contributed by atoms with E-state index >= 15 is 0 Å². The third kappa shape index (κ3) is 2.76. The minimum Gasteiger partial charge on any atom is -0.325 e. The number of nitrogens with two attached hydrogens (primary N) is 1. The minimum absolute atomic E-state index is 0.0555. The fourth-order valence-corrected chi connectivity index (χ4v) is 4.48. The van der Waals surface area contributed by atoms with Gasteiger partial charge in [0.25, 0.3) is 0 Å². The maximum Gasteiger partial charge on any atom is 0.153 e. The van der Waals surface area contributed by atoms with E-state index in [-0.39, 0.29) is 23.6 Å². The second-order valence-corrected chi connectivity index (χ2v) is 7.78. The highest BCUT2D eigenvalue weighted by molar-refractivity contribution is 7.91. The Hall–Kier alpha value is -0.130. The van der Waals surface area contributed by atoms with Crippen molar-refractivity contribution in [1.29, 1.82) is 0 Å². The third-order valence-corrected chi connectivity index (χ3v) is 5.13.